The molecule has 2 aliphatic rings. The van der Waals surface area contributed by atoms with Crippen molar-refractivity contribution in [2.45, 2.75) is 25.7 Å². The van der Waals surface area contributed by atoms with Gasteiger partial charge in [-0.3, -0.25) is 9.59 Å². The number of benzene rings is 2. The lowest BCUT2D eigenvalue weighted by atomic mass is 9.88. The average Bonchev–Trinajstić information content (AvgIpc) is 3.57. The number of ether oxygens (including phenoxy) is 3. The van der Waals surface area contributed by atoms with Crippen LogP contribution in [0.25, 0.3) is 0 Å². The van der Waals surface area contributed by atoms with Crippen molar-refractivity contribution in [2.24, 2.45) is 11.8 Å². The summed E-state index contributed by atoms with van der Waals surface area (Å²) >= 11 is 0. The van der Waals surface area contributed by atoms with Gasteiger partial charge in [-0.25, -0.2) is 0 Å². The number of carbonyl (C=O) groups is 2. The van der Waals surface area contributed by atoms with E-state index in [0.717, 1.165) is 11.1 Å². The Balaban J connectivity index is 1.64. The zero-order chi connectivity index (χ0) is 23.5. The molecule has 7 heteroatoms. The molecule has 2 unspecified atom stereocenters. The van der Waals surface area contributed by atoms with Crippen molar-refractivity contribution in [3.8, 4) is 17.2 Å². The van der Waals surface area contributed by atoms with Gasteiger partial charge in [-0.2, -0.15) is 0 Å². The predicted octanol–water partition coefficient (Wildman–Crippen LogP) is 3.40. The molecule has 1 saturated carbocycles. The number of nitrogens with zero attached hydrogens (tertiary/aromatic N) is 1. The minimum absolute atomic E-state index is 0.0140. The largest absolute Gasteiger partial charge is 0.493 e. The molecule has 1 aliphatic carbocycles. The highest BCUT2D eigenvalue weighted by Crippen LogP contribution is 2.43. The van der Waals surface area contributed by atoms with E-state index in [0.29, 0.717) is 48.4 Å². The number of hydrogen-bond donors (Lipinski definition) is 1. The molecule has 0 bridgehead atoms. The Morgan fingerprint density at radius 1 is 0.970 bits per heavy atom. The molecule has 2 atom stereocenters. The molecule has 7 nitrogen and oxygen atoms in total. The minimum Gasteiger partial charge on any atom is -0.493 e. The number of carbonyl (C=O) groups excluding carboxylic acids is 2. The first-order chi connectivity index (χ1) is 15.9. The third-order valence-electron chi connectivity index (χ3n) is 6.62. The van der Waals surface area contributed by atoms with Crippen LogP contribution in [0.15, 0.2) is 36.4 Å². The van der Waals surface area contributed by atoms with Crippen molar-refractivity contribution < 1.29 is 23.8 Å². The van der Waals surface area contributed by atoms with Gasteiger partial charge in [-0.1, -0.05) is 17.7 Å². The third kappa shape index (κ3) is 4.92. The van der Waals surface area contributed by atoms with Crippen LogP contribution in [-0.4, -0.2) is 57.7 Å². The zero-order valence-electron chi connectivity index (χ0n) is 19.7. The Labute approximate surface area is 195 Å². The summed E-state index contributed by atoms with van der Waals surface area (Å²) < 4.78 is 16.5. The van der Waals surface area contributed by atoms with Crippen LogP contribution in [0.1, 0.15) is 40.2 Å². The van der Waals surface area contributed by atoms with Gasteiger partial charge in [0.25, 0.3) is 5.91 Å². The highest BCUT2D eigenvalue weighted by Gasteiger charge is 2.41. The van der Waals surface area contributed by atoms with Crippen LogP contribution in [0.3, 0.4) is 0 Å². The van der Waals surface area contributed by atoms with E-state index in [1.807, 2.05) is 43.3 Å². The summed E-state index contributed by atoms with van der Waals surface area (Å²) in [6, 6.07) is 11.3. The molecule has 4 rings (SSSR count). The normalized spacial score (nSPS) is 19.8. The highest BCUT2D eigenvalue weighted by molar-refractivity contribution is 5.95. The number of likely N-dealkylation sites (tertiary alicyclic amines) is 1. The SMILES string of the molecule is COc1cc(C2CN(C(=O)c3ccc(C)cc3)CC2C(=O)NCC2CC2)cc(OC)c1OC. The maximum atomic E-state index is 13.3. The molecule has 0 spiro atoms. The molecular formula is C26H32N2O5. The Morgan fingerprint density at radius 3 is 2.15 bits per heavy atom. The number of hydrogen-bond acceptors (Lipinski definition) is 5. The van der Waals surface area contributed by atoms with E-state index in [1.54, 1.807) is 26.2 Å². The van der Waals surface area contributed by atoms with Crippen LogP contribution in [0.4, 0.5) is 0 Å². The maximum Gasteiger partial charge on any atom is 0.253 e. The molecule has 0 radical (unpaired) electrons. The van der Waals surface area contributed by atoms with Crippen molar-refractivity contribution in [3.05, 3.63) is 53.1 Å². The van der Waals surface area contributed by atoms with Crippen LogP contribution in [0, 0.1) is 18.8 Å². The molecule has 33 heavy (non-hydrogen) atoms. The second kappa shape index (κ2) is 9.73. The molecule has 2 aromatic rings. The van der Waals surface area contributed by atoms with Crippen LogP contribution < -0.4 is 19.5 Å². The Morgan fingerprint density at radius 2 is 1.61 bits per heavy atom. The van der Waals surface area contributed by atoms with E-state index >= 15 is 0 Å². The van der Waals surface area contributed by atoms with Crippen LogP contribution >= 0.6 is 0 Å². The number of rotatable bonds is 8. The Hall–Kier alpha value is -3.22. The second-order valence-corrected chi connectivity index (χ2v) is 8.94. The summed E-state index contributed by atoms with van der Waals surface area (Å²) in [7, 11) is 4.71. The van der Waals surface area contributed by atoms with E-state index in [2.05, 4.69) is 5.32 Å². The maximum absolute atomic E-state index is 13.3. The minimum atomic E-state index is -0.360. The van der Waals surface area contributed by atoms with Crippen LogP contribution in [0.5, 0.6) is 17.2 Å². The van der Waals surface area contributed by atoms with E-state index in [4.69, 9.17) is 14.2 Å². The van der Waals surface area contributed by atoms with Crippen molar-refractivity contribution in [1.82, 2.24) is 10.2 Å². The van der Waals surface area contributed by atoms with Gasteiger partial charge in [0.15, 0.2) is 11.5 Å². The number of methoxy groups -OCH3 is 3. The van der Waals surface area contributed by atoms with E-state index in [1.165, 1.54) is 12.8 Å². The fourth-order valence-corrected chi connectivity index (χ4v) is 4.47. The molecule has 1 N–H and O–H groups in total. The number of nitrogens with one attached hydrogen (secondary N) is 1. The van der Waals surface area contributed by atoms with Gasteiger partial charge < -0.3 is 24.4 Å². The van der Waals surface area contributed by atoms with Gasteiger partial charge in [0.2, 0.25) is 11.7 Å². The van der Waals surface area contributed by atoms with Crippen molar-refractivity contribution in [1.29, 1.82) is 0 Å². The molecule has 1 saturated heterocycles. The lowest BCUT2D eigenvalue weighted by Crippen LogP contribution is -2.36. The summed E-state index contributed by atoms with van der Waals surface area (Å²) in [5.74, 6) is 1.53. The highest BCUT2D eigenvalue weighted by atomic mass is 16.5. The van der Waals surface area contributed by atoms with E-state index < -0.39 is 0 Å². The molecule has 1 heterocycles. The van der Waals surface area contributed by atoms with Crippen molar-refractivity contribution >= 4 is 11.8 Å². The summed E-state index contributed by atoms with van der Waals surface area (Å²) in [4.78, 5) is 28.2. The monoisotopic (exact) mass is 452 g/mol. The second-order valence-electron chi connectivity index (χ2n) is 8.94. The molecule has 1 aliphatic heterocycles. The van der Waals surface area contributed by atoms with E-state index in [-0.39, 0.29) is 23.7 Å². The smallest absolute Gasteiger partial charge is 0.253 e. The summed E-state index contributed by atoms with van der Waals surface area (Å²) in [6.45, 7) is 3.49. The third-order valence-corrected chi connectivity index (χ3v) is 6.62. The predicted molar refractivity (Wildman–Crippen MR) is 125 cm³/mol. The first-order valence-electron chi connectivity index (χ1n) is 11.4. The molecule has 2 aromatic carbocycles. The number of amides is 2. The van der Waals surface area contributed by atoms with Gasteiger partial charge in [-0.05, 0) is 55.5 Å². The fraction of sp³-hybridized carbons (Fsp3) is 0.462. The lowest BCUT2D eigenvalue weighted by Gasteiger charge is -2.21. The molecule has 176 valence electrons. The van der Waals surface area contributed by atoms with Crippen molar-refractivity contribution in [2.75, 3.05) is 41.0 Å². The van der Waals surface area contributed by atoms with Crippen LogP contribution in [-0.2, 0) is 4.79 Å². The summed E-state index contributed by atoms with van der Waals surface area (Å²) in [6.07, 6.45) is 2.33. The Kier molecular flexibility index (Phi) is 6.77. The van der Waals surface area contributed by atoms with Crippen molar-refractivity contribution in [3.63, 3.8) is 0 Å². The Bertz CT molecular complexity index is 991. The van der Waals surface area contributed by atoms with Gasteiger partial charge in [0.05, 0.1) is 27.2 Å². The topological polar surface area (TPSA) is 77.1 Å². The molecule has 0 aromatic heterocycles. The van der Waals surface area contributed by atoms with Gasteiger partial charge >= 0.3 is 0 Å². The number of aryl methyl sites for hydroxylation is 1. The lowest BCUT2D eigenvalue weighted by molar-refractivity contribution is -0.125. The zero-order valence-corrected chi connectivity index (χ0v) is 19.7. The molecule has 2 fully saturated rings. The average molecular weight is 453 g/mol. The van der Waals surface area contributed by atoms with Gasteiger partial charge in [0.1, 0.15) is 0 Å². The standard InChI is InChI=1S/C26H32N2O5/c1-16-5-9-18(10-6-16)26(30)28-14-20(21(15-28)25(29)27-13-17-7-8-17)19-11-22(31-2)24(33-4)23(12-19)32-3/h5-6,9-12,17,20-21H,7-8,13-15H2,1-4H3,(H,27,29). The first-order valence-corrected chi connectivity index (χ1v) is 11.4. The summed E-state index contributed by atoms with van der Waals surface area (Å²) in [5, 5.41) is 3.11. The van der Waals surface area contributed by atoms with Gasteiger partial charge in [-0.15, -0.1) is 0 Å². The molecule has 2 amide bonds. The summed E-state index contributed by atoms with van der Waals surface area (Å²) in [5.41, 5.74) is 2.61. The van der Waals surface area contributed by atoms with Crippen LogP contribution in [0.2, 0.25) is 0 Å². The first kappa shape index (κ1) is 23.0. The fourth-order valence-electron chi connectivity index (χ4n) is 4.47. The quantitative estimate of drug-likeness (QED) is 0.664. The van der Waals surface area contributed by atoms with Gasteiger partial charge in [0, 0.05) is 31.1 Å². The van der Waals surface area contributed by atoms with E-state index in [9.17, 15) is 9.59 Å². The molecular weight excluding hydrogens is 420 g/mol.